The third-order valence-corrected chi connectivity index (χ3v) is 2.69. The number of aliphatic hydroxyl groups is 1. The molecule has 1 aliphatic carbocycles. The average Bonchev–Trinajstić information content (AvgIpc) is 2.51. The first-order valence-electron chi connectivity index (χ1n) is 4.80. The smallest absolute Gasteiger partial charge is 0.0807 e. The molecule has 2 nitrogen and oxygen atoms in total. The van der Waals surface area contributed by atoms with Gasteiger partial charge < -0.3 is 9.67 Å². The highest BCUT2D eigenvalue weighted by atomic mass is 16.3. The van der Waals surface area contributed by atoms with Gasteiger partial charge in [0.2, 0.25) is 0 Å². The van der Waals surface area contributed by atoms with Crippen molar-refractivity contribution in [2.75, 3.05) is 0 Å². The van der Waals surface area contributed by atoms with Crippen molar-refractivity contribution in [1.82, 2.24) is 4.57 Å². The maximum absolute atomic E-state index is 9.70. The zero-order valence-electron chi connectivity index (χ0n) is 7.74. The normalized spacial score (nSPS) is 21.2. The molecule has 1 unspecified atom stereocenters. The minimum Gasteiger partial charge on any atom is -0.388 e. The van der Waals surface area contributed by atoms with E-state index in [1.165, 1.54) is 5.69 Å². The van der Waals surface area contributed by atoms with Crippen LogP contribution >= 0.6 is 0 Å². The quantitative estimate of drug-likeness (QED) is 0.687. The van der Waals surface area contributed by atoms with Gasteiger partial charge in [-0.05, 0) is 25.3 Å². The molecule has 0 bridgehead atoms. The van der Waals surface area contributed by atoms with E-state index in [0.29, 0.717) is 0 Å². The number of rotatable bonds is 2. The van der Waals surface area contributed by atoms with Crippen molar-refractivity contribution in [3.8, 4) is 0 Å². The van der Waals surface area contributed by atoms with Crippen molar-refractivity contribution >= 4 is 0 Å². The number of nitrogens with zero attached hydrogens (tertiary/aromatic N) is 1. The zero-order chi connectivity index (χ0) is 9.26. The largest absolute Gasteiger partial charge is 0.388 e. The van der Waals surface area contributed by atoms with Gasteiger partial charge in [-0.25, -0.2) is 0 Å². The lowest BCUT2D eigenvalue weighted by atomic mass is 9.95. The molecule has 0 saturated heterocycles. The van der Waals surface area contributed by atoms with Gasteiger partial charge in [-0.1, -0.05) is 6.08 Å². The fraction of sp³-hybridized carbons (Fsp3) is 0.455. The first-order chi connectivity index (χ1) is 6.33. The Hall–Kier alpha value is -1.02. The second-order valence-electron chi connectivity index (χ2n) is 3.57. The molecule has 0 saturated carbocycles. The van der Waals surface area contributed by atoms with Crippen LogP contribution < -0.4 is 0 Å². The predicted molar refractivity (Wildman–Crippen MR) is 52.5 cm³/mol. The van der Waals surface area contributed by atoms with Gasteiger partial charge >= 0.3 is 0 Å². The first-order valence-corrected chi connectivity index (χ1v) is 4.80. The molecule has 2 heteroatoms. The van der Waals surface area contributed by atoms with Gasteiger partial charge in [-0.2, -0.15) is 0 Å². The maximum Gasteiger partial charge on any atom is 0.0807 e. The van der Waals surface area contributed by atoms with E-state index in [4.69, 9.17) is 0 Å². The van der Waals surface area contributed by atoms with Gasteiger partial charge in [0.1, 0.15) is 0 Å². The van der Waals surface area contributed by atoms with E-state index >= 15 is 0 Å². The highest BCUT2D eigenvalue weighted by Crippen LogP contribution is 2.30. The fourth-order valence-electron chi connectivity index (χ4n) is 2.04. The Balaban J connectivity index is 2.35. The molecule has 1 heterocycles. The van der Waals surface area contributed by atoms with Crippen LogP contribution in [0.3, 0.4) is 0 Å². The zero-order valence-corrected chi connectivity index (χ0v) is 7.74. The van der Waals surface area contributed by atoms with Crippen LogP contribution in [0.25, 0.3) is 0 Å². The summed E-state index contributed by atoms with van der Waals surface area (Å²) in [5.74, 6) is 0. The lowest BCUT2D eigenvalue weighted by Crippen LogP contribution is -2.11. The minimum atomic E-state index is -0.241. The number of allylic oxidation sites excluding steroid dienone is 1. The topological polar surface area (TPSA) is 25.2 Å². The summed E-state index contributed by atoms with van der Waals surface area (Å²) in [6.45, 7) is 4.57. The van der Waals surface area contributed by atoms with Crippen molar-refractivity contribution in [3.05, 3.63) is 36.2 Å². The lowest BCUT2D eigenvalue weighted by molar-refractivity contribution is 0.156. The molecule has 0 aliphatic heterocycles. The van der Waals surface area contributed by atoms with E-state index in [1.807, 2.05) is 18.3 Å². The third-order valence-electron chi connectivity index (χ3n) is 2.69. The van der Waals surface area contributed by atoms with Crippen molar-refractivity contribution < 1.29 is 5.11 Å². The first kappa shape index (κ1) is 8.57. The van der Waals surface area contributed by atoms with Crippen LogP contribution in [0, 0.1) is 0 Å². The molecular weight excluding hydrogens is 162 g/mol. The highest BCUT2D eigenvalue weighted by Gasteiger charge is 2.20. The van der Waals surface area contributed by atoms with Gasteiger partial charge in [0.15, 0.2) is 0 Å². The molecule has 0 aromatic carbocycles. The summed E-state index contributed by atoms with van der Waals surface area (Å²) in [5.41, 5.74) is 2.41. The molecular formula is C11H15NO. The molecule has 2 rings (SSSR count). The van der Waals surface area contributed by atoms with Gasteiger partial charge in [-0.3, -0.25) is 0 Å². The van der Waals surface area contributed by atoms with Crippen LogP contribution in [0.4, 0.5) is 0 Å². The molecule has 0 fully saturated rings. The summed E-state index contributed by atoms with van der Waals surface area (Å²) in [5, 5.41) is 9.70. The van der Waals surface area contributed by atoms with E-state index in [9.17, 15) is 5.11 Å². The number of hydrogen-bond donors (Lipinski definition) is 1. The number of aliphatic hydroxyl groups excluding tert-OH is 1. The van der Waals surface area contributed by atoms with Gasteiger partial charge in [0, 0.05) is 24.0 Å². The molecule has 0 spiro atoms. The predicted octanol–water partition coefficient (Wildman–Crippen LogP) is 2.04. The van der Waals surface area contributed by atoms with E-state index < -0.39 is 0 Å². The summed E-state index contributed by atoms with van der Waals surface area (Å²) in [6.07, 6.45) is 6.78. The van der Waals surface area contributed by atoms with Crippen molar-refractivity contribution in [3.63, 3.8) is 0 Å². The monoisotopic (exact) mass is 177 g/mol. The van der Waals surface area contributed by atoms with E-state index in [-0.39, 0.29) is 6.10 Å². The van der Waals surface area contributed by atoms with E-state index in [1.54, 1.807) is 0 Å². The molecule has 13 heavy (non-hydrogen) atoms. The summed E-state index contributed by atoms with van der Waals surface area (Å²) in [7, 11) is 0. The van der Waals surface area contributed by atoms with Crippen LogP contribution in [-0.4, -0.2) is 9.67 Å². The third kappa shape index (κ3) is 1.42. The van der Waals surface area contributed by atoms with Crippen molar-refractivity contribution in [2.24, 2.45) is 0 Å². The van der Waals surface area contributed by atoms with Gasteiger partial charge in [0.05, 0.1) is 6.10 Å². The van der Waals surface area contributed by atoms with Crippen LogP contribution in [0.2, 0.25) is 0 Å². The standard InChI is InChI=1S/C11H15NO/c1-2-7-12-8-6-9-10(12)4-3-5-11(9)13/h2,6,8,11,13H,1,3-5,7H2. The Labute approximate surface area is 78.5 Å². The Morgan fingerprint density at radius 1 is 1.69 bits per heavy atom. The molecule has 0 amide bonds. The second kappa shape index (κ2) is 3.38. The highest BCUT2D eigenvalue weighted by molar-refractivity contribution is 5.27. The summed E-state index contributed by atoms with van der Waals surface area (Å²) < 4.78 is 2.17. The van der Waals surface area contributed by atoms with Crippen molar-refractivity contribution in [2.45, 2.75) is 31.9 Å². The van der Waals surface area contributed by atoms with Crippen LogP contribution in [0.15, 0.2) is 24.9 Å². The lowest BCUT2D eigenvalue weighted by Gasteiger charge is -2.19. The number of fused-ring (bicyclic) bond motifs is 1. The molecule has 1 aromatic rings. The maximum atomic E-state index is 9.70. The Morgan fingerprint density at radius 2 is 2.54 bits per heavy atom. The number of aromatic nitrogens is 1. The van der Waals surface area contributed by atoms with Gasteiger partial charge in [0.25, 0.3) is 0 Å². The number of hydrogen-bond acceptors (Lipinski definition) is 1. The van der Waals surface area contributed by atoms with E-state index in [0.717, 1.165) is 31.4 Å². The van der Waals surface area contributed by atoms with Crippen molar-refractivity contribution in [1.29, 1.82) is 0 Å². The van der Waals surface area contributed by atoms with Gasteiger partial charge in [-0.15, -0.1) is 6.58 Å². The molecule has 0 radical (unpaired) electrons. The van der Waals surface area contributed by atoms with Crippen LogP contribution in [0.1, 0.15) is 30.2 Å². The molecule has 1 atom stereocenters. The Kier molecular flexibility index (Phi) is 2.23. The summed E-state index contributed by atoms with van der Waals surface area (Å²) >= 11 is 0. The minimum absolute atomic E-state index is 0.241. The molecule has 1 aliphatic rings. The molecule has 1 N–H and O–H groups in total. The Bertz CT molecular complexity index is 314. The molecule has 70 valence electrons. The Morgan fingerprint density at radius 3 is 3.31 bits per heavy atom. The van der Waals surface area contributed by atoms with Crippen LogP contribution in [0.5, 0.6) is 0 Å². The second-order valence-corrected chi connectivity index (χ2v) is 3.57. The average molecular weight is 177 g/mol. The fourth-order valence-corrected chi connectivity index (χ4v) is 2.04. The van der Waals surface area contributed by atoms with Crippen LogP contribution in [-0.2, 0) is 13.0 Å². The molecule has 1 aromatic heterocycles. The summed E-state index contributed by atoms with van der Waals surface area (Å²) in [4.78, 5) is 0. The summed E-state index contributed by atoms with van der Waals surface area (Å²) in [6, 6.07) is 2.03. The van der Waals surface area contributed by atoms with E-state index in [2.05, 4.69) is 11.1 Å². The SMILES string of the molecule is C=CCn1ccc2c1CCCC2O.